The van der Waals surface area contributed by atoms with Crippen LogP contribution in [-0.4, -0.2) is 22.0 Å². The first-order valence-corrected chi connectivity index (χ1v) is 8.02. The van der Waals surface area contributed by atoms with Gasteiger partial charge in [-0.1, -0.05) is 12.1 Å². The van der Waals surface area contributed by atoms with Crippen LogP contribution in [0.5, 0.6) is 0 Å². The van der Waals surface area contributed by atoms with E-state index in [-0.39, 0.29) is 6.42 Å². The first kappa shape index (κ1) is 19.6. The molecule has 0 bridgehead atoms. The fourth-order valence-corrected chi connectivity index (χ4v) is 2.52. The minimum atomic E-state index is -4.43. The number of alkyl halides is 3. The van der Waals surface area contributed by atoms with Crippen LogP contribution in [0.3, 0.4) is 0 Å². The highest BCUT2D eigenvalue weighted by molar-refractivity contribution is 7.84. The van der Waals surface area contributed by atoms with Gasteiger partial charge in [-0.15, -0.1) is 0 Å². The van der Waals surface area contributed by atoms with Gasteiger partial charge >= 0.3 is 12.1 Å². The van der Waals surface area contributed by atoms with Crippen molar-refractivity contribution < 1.29 is 26.9 Å². The lowest BCUT2D eigenvalue weighted by Crippen LogP contribution is -2.36. The number of carbonyl (C=O) groups excluding carboxylic acids is 1. The van der Waals surface area contributed by atoms with Gasteiger partial charge in [0.15, 0.2) is 0 Å². The second-order valence-corrected chi connectivity index (χ2v) is 7.95. The van der Waals surface area contributed by atoms with E-state index in [0.29, 0.717) is 5.56 Å². The van der Waals surface area contributed by atoms with E-state index >= 15 is 0 Å². The molecule has 0 aliphatic rings. The van der Waals surface area contributed by atoms with Crippen LogP contribution in [-0.2, 0) is 26.7 Å². The van der Waals surface area contributed by atoms with Gasteiger partial charge in [-0.3, -0.25) is 4.79 Å². The molecular weight excluding hydrogens is 331 g/mol. The Kier molecular flexibility index (Phi) is 6.35. The second-order valence-electron chi connectivity index (χ2n) is 5.95. The Morgan fingerprint density at radius 3 is 2.13 bits per heavy atom. The van der Waals surface area contributed by atoms with Gasteiger partial charge in [-0.05, 0) is 38.5 Å². The number of esters is 1. The van der Waals surface area contributed by atoms with Crippen LogP contribution in [0.25, 0.3) is 0 Å². The number of benzene rings is 1. The zero-order valence-electron chi connectivity index (χ0n) is 13.4. The van der Waals surface area contributed by atoms with E-state index in [9.17, 15) is 22.2 Å². The third-order valence-electron chi connectivity index (χ3n) is 3.04. The van der Waals surface area contributed by atoms with Crippen molar-refractivity contribution in [2.24, 2.45) is 0 Å². The Morgan fingerprint density at radius 1 is 1.22 bits per heavy atom. The summed E-state index contributed by atoms with van der Waals surface area (Å²) in [5.41, 5.74) is -0.351. The molecule has 1 aromatic rings. The Hall–Kier alpha value is -1.41. The highest BCUT2D eigenvalue weighted by atomic mass is 32.2. The minimum Gasteiger partial charge on any atom is -0.469 e. The first-order valence-electron chi connectivity index (χ1n) is 6.87. The zero-order chi connectivity index (χ0) is 17.8. The summed E-state index contributed by atoms with van der Waals surface area (Å²) in [7, 11) is -0.274. The van der Waals surface area contributed by atoms with Crippen molar-refractivity contribution >= 4 is 17.0 Å². The van der Waals surface area contributed by atoms with Crippen molar-refractivity contribution in [3.63, 3.8) is 0 Å². The summed E-state index contributed by atoms with van der Waals surface area (Å²) in [6, 6.07) is 3.69. The molecule has 0 heterocycles. The smallest absolute Gasteiger partial charge is 0.416 e. The Balaban J connectivity index is 3.04. The van der Waals surface area contributed by atoms with Crippen LogP contribution >= 0.6 is 0 Å². The molecule has 0 amide bonds. The molecule has 0 aliphatic carbocycles. The molecule has 4 nitrogen and oxygen atoms in total. The molecule has 0 spiro atoms. The van der Waals surface area contributed by atoms with E-state index in [0.717, 1.165) is 12.1 Å². The van der Waals surface area contributed by atoms with Gasteiger partial charge in [0.1, 0.15) is 0 Å². The van der Waals surface area contributed by atoms with Crippen molar-refractivity contribution in [3.8, 4) is 0 Å². The Morgan fingerprint density at radius 2 is 1.74 bits per heavy atom. The molecule has 130 valence electrons. The van der Waals surface area contributed by atoms with Crippen LogP contribution in [0.15, 0.2) is 24.3 Å². The van der Waals surface area contributed by atoms with Crippen molar-refractivity contribution in [1.82, 2.24) is 4.72 Å². The summed E-state index contributed by atoms with van der Waals surface area (Å²) >= 11 is 0. The van der Waals surface area contributed by atoms with E-state index in [1.54, 1.807) is 20.8 Å². The molecule has 23 heavy (non-hydrogen) atoms. The fourth-order valence-electron chi connectivity index (χ4n) is 1.69. The van der Waals surface area contributed by atoms with Gasteiger partial charge in [-0.2, -0.15) is 13.2 Å². The normalized spacial score (nSPS) is 15.1. The van der Waals surface area contributed by atoms with E-state index in [2.05, 4.69) is 9.46 Å². The molecule has 1 rings (SSSR count). The predicted octanol–water partition coefficient (Wildman–Crippen LogP) is 3.36. The highest BCUT2D eigenvalue weighted by Gasteiger charge is 2.31. The first-order chi connectivity index (χ1) is 10.4. The minimum absolute atomic E-state index is 0.135. The maximum absolute atomic E-state index is 12.6. The van der Waals surface area contributed by atoms with Gasteiger partial charge in [0, 0.05) is 0 Å². The maximum Gasteiger partial charge on any atom is 0.416 e. The number of ether oxygens (including phenoxy) is 1. The maximum atomic E-state index is 12.6. The van der Waals surface area contributed by atoms with Gasteiger partial charge < -0.3 is 4.74 Å². The number of carbonyl (C=O) groups is 1. The SMILES string of the molecule is COC(=O)C[C@H](N[S@](=O)C(C)(C)C)c1ccc(C(F)(F)F)cc1. The molecule has 0 saturated carbocycles. The molecule has 2 atom stereocenters. The number of methoxy groups -OCH3 is 1. The highest BCUT2D eigenvalue weighted by Crippen LogP contribution is 2.30. The van der Waals surface area contributed by atoms with E-state index in [1.165, 1.54) is 19.2 Å². The zero-order valence-corrected chi connectivity index (χ0v) is 14.2. The van der Waals surface area contributed by atoms with Crippen LogP contribution in [0.1, 0.15) is 44.4 Å². The third kappa shape index (κ3) is 5.95. The number of hydrogen-bond acceptors (Lipinski definition) is 3. The lowest BCUT2D eigenvalue weighted by molar-refractivity contribution is -0.141. The summed E-state index contributed by atoms with van der Waals surface area (Å²) in [5.74, 6) is -0.548. The van der Waals surface area contributed by atoms with Gasteiger partial charge in [0.25, 0.3) is 0 Å². The molecule has 0 unspecified atom stereocenters. The molecule has 0 aliphatic heterocycles. The van der Waals surface area contributed by atoms with Crippen LogP contribution in [0.4, 0.5) is 13.2 Å². The van der Waals surface area contributed by atoms with E-state index in [4.69, 9.17) is 0 Å². The topological polar surface area (TPSA) is 55.4 Å². The standard InChI is InChI=1S/C15H20F3NO3S/c1-14(2,3)23(21)19-12(9-13(20)22-4)10-5-7-11(8-6-10)15(16,17)18/h5-8,12,19H,9H2,1-4H3/t12-,23+/m0/s1. The lowest BCUT2D eigenvalue weighted by Gasteiger charge is -2.24. The number of hydrogen-bond donors (Lipinski definition) is 1. The largest absolute Gasteiger partial charge is 0.469 e. The molecule has 0 saturated heterocycles. The summed E-state index contributed by atoms with van der Waals surface area (Å²) < 4.78 is 56.8. The summed E-state index contributed by atoms with van der Waals surface area (Å²) in [6.45, 7) is 5.24. The average Bonchev–Trinajstić information content (AvgIpc) is 2.44. The van der Waals surface area contributed by atoms with Crippen molar-refractivity contribution in [3.05, 3.63) is 35.4 Å². The average molecular weight is 351 g/mol. The summed E-state index contributed by atoms with van der Waals surface area (Å²) in [6.07, 6.45) is -4.57. The van der Waals surface area contributed by atoms with Crippen LogP contribution in [0.2, 0.25) is 0 Å². The Labute approximate surface area is 136 Å². The van der Waals surface area contributed by atoms with Crippen LogP contribution in [0, 0.1) is 0 Å². The lowest BCUT2D eigenvalue weighted by atomic mass is 10.0. The molecule has 0 aromatic heterocycles. The van der Waals surface area contributed by atoms with Crippen molar-refractivity contribution in [1.29, 1.82) is 0 Å². The molecule has 0 radical (unpaired) electrons. The fraction of sp³-hybridized carbons (Fsp3) is 0.533. The summed E-state index contributed by atoms with van der Waals surface area (Å²) in [4.78, 5) is 11.5. The third-order valence-corrected chi connectivity index (χ3v) is 4.66. The number of rotatable bonds is 5. The van der Waals surface area contributed by atoms with E-state index in [1.807, 2.05) is 0 Å². The monoisotopic (exact) mass is 351 g/mol. The molecule has 8 heteroatoms. The van der Waals surface area contributed by atoms with Gasteiger partial charge in [-0.25, -0.2) is 8.93 Å². The number of halogens is 3. The predicted molar refractivity (Wildman–Crippen MR) is 81.8 cm³/mol. The summed E-state index contributed by atoms with van der Waals surface area (Å²) in [5, 5.41) is 0. The second kappa shape index (κ2) is 7.44. The van der Waals surface area contributed by atoms with E-state index < -0.39 is 39.5 Å². The molecular formula is C15H20F3NO3S. The molecule has 0 fully saturated rings. The van der Waals surface area contributed by atoms with Crippen LogP contribution < -0.4 is 4.72 Å². The molecule has 1 N–H and O–H groups in total. The van der Waals surface area contributed by atoms with Crippen molar-refractivity contribution in [2.45, 2.75) is 44.2 Å². The number of nitrogens with one attached hydrogen (secondary N) is 1. The van der Waals surface area contributed by atoms with Gasteiger partial charge in [0.2, 0.25) is 0 Å². The Bertz CT molecular complexity index is 565. The molecule has 1 aromatic carbocycles. The van der Waals surface area contributed by atoms with Gasteiger partial charge in [0.05, 0.1) is 40.9 Å². The van der Waals surface area contributed by atoms with Crippen molar-refractivity contribution in [2.75, 3.05) is 7.11 Å². The quantitative estimate of drug-likeness (QED) is 0.828.